The number of aliphatic hydroxyl groups excluding tert-OH is 1. The number of fused-ring (bicyclic) bond motifs is 2. The zero-order valence-electron chi connectivity index (χ0n) is 19.3. The second-order valence-corrected chi connectivity index (χ2v) is 9.19. The first-order valence-corrected chi connectivity index (χ1v) is 11.2. The molecule has 174 valence electrons. The van der Waals surface area contributed by atoms with E-state index < -0.39 is 11.7 Å². The van der Waals surface area contributed by atoms with Crippen molar-refractivity contribution in [2.45, 2.75) is 52.4 Å². The monoisotopic (exact) mass is 450 g/mol. The maximum Gasteiger partial charge on any atom is 0.410 e. The minimum absolute atomic E-state index is 0.0824. The number of aliphatic hydroxyl groups is 1. The molecule has 2 N–H and O–H groups in total. The number of rotatable bonds is 5. The summed E-state index contributed by atoms with van der Waals surface area (Å²) in [6, 6.07) is 14.0. The van der Waals surface area contributed by atoms with Gasteiger partial charge in [-0.15, -0.1) is 0 Å². The van der Waals surface area contributed by atoms with Crippen molar-refractivity contribution in [3.05, 3.63) is 65.0 Å². The summed E-state index contributed by atoms with van der Waals surface area (Å²) in [7, 11) is 0. The molecule has 0 saturated carbocycles. The van der Waals surface area contributed by atoms with Crippen LogP contribution >= 0.6 is 0 Å². The molecule has 1 aliphatic rings. The summed E-state index contributed by atoms with van der Waals surface area (Å²) in [4.78, 5) is 27.4. The fourth-order valence-corrected chi connectivity index (χ4v) is 4.14. The molecule has 8 nitrogen and oxygen atoms in total. The van der Waals surface area contributed by atoms with Gasteiger partial charge in [-0.05, 0) is 37.1 Å². The average molecular weight is 451 g/mol. The number of hydrogen-bond acceptors (Lipinski definition) is 5. The Kier molecular flexibility index (Phi) is 6.37. The van der Waals surface area contributed by atoms with Gasteiger partial charge in [0.1, 0.15) is 5.60 Å². The summed E-state index contributed by atoms with van der Waals surface area (Å²) in [5, 5.41) is 19.1. The van der Waals surface area contributed by atoms with Gasteiger partial charge >= 0.3 is 6.09 Å². The van der Waals surface area contributed by atoms with Gasteiger partial charge in [0.25, 0.3) is 5.91 Å². The van der Waals surface area contributed by atoms with E-state index >= 15 is 0 Å². The Morgan fingerprint density at radius 2 is 1.91 bits per heavy atom. The van der Waals surface area contributed by atoms with Gasteiger partial charge in [0, 0.05) is 30.8 Å². The lowest BCUT2D eigenvalue weighted by atomic mass is 10.0. The van der Waals surface area contributed by atoms with Crippen molar-refractivity contribution >= 4 is 22.8 Å². The number of carbonyl (C=O) groups excluding carboxylic acids is 2. The van der Waals surface area contributed by atoms with Crippen molar-refractivity contribution in [3.63, 3.8) is 0 Å². The van der Waals surface area contributed by atoms with Crippen LogP contribution in [-0.4, -0.2) is 50.5 Å². The van der Waals surface area contributed by atoms with Crippen LogP contribution in [0.25, 0.3) is 10.8 Å². The van der Waals surface area contributed by atoms with Crippen LogP contribution in [0.4, 0.5) is 4.79 Å². The average Bonchev–Trinajstić information content (AvgIpc) is 3.14. The molecule has 8 heteroatoms. The van der Waals surface area contributed by atoms with Gasteiger partial charge in [0.2, 0.25) is 0 Å². The molecule has 1 aromatic heterocycles. The number of ether oxygens (including phenoxy) is 1. The van der Waals surface area contributed by atoms with E-state index in [-0.39, 0.29) is 24.8 Å². The summed E-state index contributed by atoms with van der Waals surface area (Å²) >= 11 is 0. The molecule has 0 aliphatic carbocycles. The molecule has 0 spiro atoms. The van der Waals surface area contributed by atoms with Crippen LogP contribution < -0.4 is 5.32 Å². The lowest BCUT2D eigenvalue weighted by Gasteiger charge is -2.30. The number of nitrogens with one attached hydrogen (secondary N) is 1. The van der Waals surface area contributed by atoms with Crippen molar-refractivity contribution in [3.8, 4) is 0 Å². The summed E-state index contributed by atoms with van der Waals surface area (Å²) in [6.07, 6.45) is 0.128. The molecule has 33 heavy (non-hydrogen) atoms. The van der Waals surface area contributed by atoms with E-state index in [0.717, 1.165) is 22.0 Å². The molecule has 4 rings (SSSR count). The van der Waals surface area contributed by atoms with Gasteiger partial charge < -0.3 is 20.1 Å². The number of carbonyl (C=O) groups is 2. The van der Waals surface area contributed by atoms with Crippen LogP contribution in [0.1, 0.15) is 48.1 Å². The van der Waals surface area contributed by atoms with Crippen LogP contribution in [0, 0.1) is 0 Å². The summed E-state index contributed by atoms with van der Waals surface area (Å²) in [6.45, 7) is 6.76. The van der Waals surface area contributed by atoms with Crippen molar-refractivity contribution in [2.75, 3.05) is 13.2 Å². The second kappa shape index (κ2) is 9.23. The number of benzene rings is 2. The Morgan fingerprint density at radius 3 is 2.67 bits per heavy atom. The Bertz CT molecular complexity index is 1170. The van der Waals surface area contributed by atoms with E-state index in [1.54, 1.807) is 9.58 Å². The highest BCUT2D eigenvalue weighted by Gasteiger charge is 2.32. The largest absolute Gasteiger partial charge is 0.444 e. The second-order valence-electron chi connectivity index (χ2n) is 9.19. The van der Waals surface area contributed by atoms with Gasteiger partial charge in [0.05, 0.1) is 19.7 Å². The molecule has 0 saturated heterocycles. The zero-order valence-corrected chi connectivity index (χ0v) is 19.3. The first-order valence-electron chi connectivity index (χ1n) is 11.2. The molecule has 0 radical (unpaired) electrons. The van der Waals surface area contributed by atoms with E-state index in [1.165, 1.54) is 0 Å². The van der Waals surface area contributed by atoms with E-state index in [0.29, 0.717) is 31.6 Å². The van der Waals surface area contributed by atoms with Gasteiger partial charge in [-0.1, -0.05) is 42.5 Å². The Labute approximate surface area is 193 Å². The van der Waals surface area contributed by atoms with Crippen LogP contribution in [0.15, 0.2) is 42.5 Å². The van der Waals surface area contributed by atoms with E-state index in [9.17, 15) is 14.7 Å². The van der Waals surface area contributed by atoms with Gasteiger partial charge in [-0.2, -0.15) is 5.10 Å². The highest BCUT2D eigenvalue weighted by atomic mass is 16.6. The third-order valence-corrected chi connectivity index (χ3v) is 5.63. The van der Waals surface area contributed by atoms with Crippen molar-refractivity contribution in [2.24, 2.45) is 0 Å². The Morgan fingerprint density at radius 1 is 1.15 bits per heavy atom. The van der Waals surface area contributed by atoms with Crippen LogP contribution in [0.5, 0.6) is 0 Å². The summed E-state index contributed by atoms with van der Waals surface area (Å²) in [5.41, 5.74) is 2.28. The topological polar surface area (TPSA) is 96.7 Å². The van der Waals surface area contributed by atoms with Crippen molar-refractivity contribution in [1.82, 2.24) is 20.0 Å². The first kappa shape index (κ1) is 22.8. The molecule has 3 aromatic rings. The molecule has 2 aromatic carbocycles. The van der Waals surface area contributed by atoms with Gasteiger partial charge in [-0.3, -0.25) is 9.48 Å². The molecule has 0 bridgehead atoms. The van der Waals surface area contributed by atoms with E-state index in [2.05, 4.69) is 10.4 Å². The highest BCUT2D eigenvalue weighted by Crippen LogP contribution is 2.25. The smallest absolute Gasteiger partial charge is 0.410 e. The lowest BCUT2D eigenvalue weighted by molar-refractivity contribution is 0.0221. The lowest BCUT2D eigenvalue weighted by Crippen LogP contribution is -2.40. The molecule has 0 unspecified atom stereocenters. The normalized spacial score (nSPS) is 13.6. The molecular formula is C25H30N4O4. The van der Waals surface area contributed by atoms with Crippen LogP contribution in [0.3, 0.4) is 0 Å². The fraction of sp³-hybridized carbons (Fsp3) is 0.400. The molecule has 0 atom stereocenters. The maximum atomic E-state index is 13.2. The van der Waals surface area contributed by atoms with Crippen molar-refractivity contribution in [1.29, 1.82) is 0 Å². The molecule has 2 heterocycles. The number of amides is 2. The molecular weight excluding hydrogens is 420 g/mol. The van der Waals surface area contributed by atoms with Crippen LogP contribution in [0.2, 0.25) is 0 Å². The first-order chi connectivity index (χ1) is 15.8. The quantitative estimate of drug-likeness (QED) is 0.622. The molecule has 0 fully saturated rings. The van der Waals surface area contributed by atoms with E-state index in [4.69, 9.17) is 4.74 Å². The summed E-state index contributed by atoms with van der Waals surface area (Å²) in [5.74, 6) is -0.304. The minimum atomic E-state index is -0.600. The molecule has 1 aliphatic heterocycles. The minimum Gasteiger partial charge on any atom is -0.444 e. The highest BCUT2D eigenvalue weighted by molar-refractivity contribution is 5.94. The number of nitrogens with zero attached hydrogens (tertiary/aromatic N) is 3. The maximum absolute atomic E-state index is 13.2. The predicted molar refractivity (Wildman–Crippen MR) is 125 cm³/mol. The fourth-order valence-electron chi connectivity index (χ4n) is 4.14. The summed E-state index contributed by atoms with van der Waals surface area (Å²) < 4.78 is 7.19. The Hall–Kier alpha value is -3.39. The third kappa shape index (κ3) is 5.01. The zero-order chi connectivity index (χ0) is 23.6. The van der Waals surface area contributed by atoms with E-state index in [1.807, 2.05) is 63.2 Å². The number of aromatic nitrogens is 2. The van der Waals surface area contributed by atoms with Gasteiger partial charge in [-0.25, -0.2) is 4.79 Å². The number of hydrogen-bond donors (Lipinski definition) is 2. The predicted octanol–water partition coefficient (Wildman–Crippen LogP) is 3.25. The van der Waals surface area contributed by atoms with Crippen molar-refractivity contribution < 1.29 is 19.4 Å². The van der Waals surface area contributed by atoms with Gasteiger partial charge in [0.15, 0.2) is 5.69 Å². The molecule has 2 amide bonds. The van der Waals surface area contributed by atoms with Crippen LogP contribution in [-0.2, 0) is 30.8 Å². The Balaban J connectivity index is 1.56. The standard InChI is InChI=1S/C25H30N4O4/c1-25(2,3)33-24(32)28-12-11-21-20(16-28)22(27-29(21)13-14-30)23(31)26-15-18-9-6-8-17-7-4-5-10-19(17)18/h4-10,30H,11-16H2,1-3H3,(H,26,31). The third-order valence-electron chi connectivity index (χ3n) is 5.63. The SMILES string of the molecule is CC(C)(C)OC(=O)N1CCc2c(c(C(=O)NCc3cccc4ccccc34)nn2CCO)C1.